The Hall–Kier alpha value is -0.660. The summed E-state index contributed by atoms with van der Waals surface area (Å²) in [5, 5.41) is 12.4. The molecule has 0 saturated carbocycles. The highest BCUT2D eigenvalue weighted by Gasteiger charge is 2.07. The molecule has 0 aliphatic heterocycles. The maximum Gasteiger partial charge on any atom is 0.221 e. The predicted octanol–water partition coefficient (Wildman–Crippen LogP) is 0.165. The zero-order chi connectivity index (χ0) is 11.4. The third kappa shape index (κ3) is 3.77. The van der Waals surface area contributed by atoms with Gasteiger partial charge >= 0.3 is 0 Å². The molecule has 1 rings (SSSR count). The minimum Gasteiger partial charge on any atom is -0.506 e. The van der Waals surface area contributed by atoms with Crippen LogP contribution in [0.15, 0.2) is 21.1 Å². The van der Waals surface area contributed by atoms with E-state index in [1.165, 1.54) is 0 Å². The molecule has 5 N–H and O–H groups in total. The average molecular weight is 354 g/mol. The molecule has 0 fully saturated rings. The maximum atomic E-state index is 9.66. The molecule has 0 aliphatic carbocycles. The van der Waals surface area contributed by atoms with Gasteiger partial charge in [-0.2, -0.15) is 0 Å². The van der Waals surface area contributed by atoms with Gasteiger partial charge in [0.05, 0.1) is 10.0 Å². The molecule has 0 aromatic heterocycles. The highest BCUT2D eigenvalue weighted by atomic mass is 79.9. The van der Waals surface area contributed by atoms with Gasteiger partial charge in [-0.25, -0.2) is 0 Å². The summed E-state index contributed by atoms with van der Waals surface area (Å²) in [6.45, 7) is 0. The van der Waals surface area contributed by atoms with E-state index in [-0.39, 0.29) is 10.9 Å². The summed E-state index contributed by atoms with van der Waals surface area (Å²) < 4.78 is 1.44. The summed E-state index contributed by atoms with van der Waals surface area (Å²) >= 11 is 11.1. The number of phenols is 1. The van der Waals surface area contributed by atoms with Crippen molar-refractivity contribution in [2.45, 2.75) is 0 Å². The van der Waals surface area contributed by atoms with Crippen molar-refractivity contribution in [3.63, 3.8) is 0 Å². The number of hydrogen-bond donors (Lipinski definition) is 4. The lowest BCUT2D eigenvalue weighted by atomic mass is 10.2. The quantitative estimate of drug-likeness (QED) is 0.347. The Morgan fingerprint density at radius 2 is 2.20 bits per heavy atom. The van der Waals surface area contributed by atoms with Gasteiger partial charge in [0, 0.05) is 4.47 Å². The Bertz CT molecular complexity index is 423. The van der Waals surface area contributed by atoms with Gasteiger partial charge in [-0.1, -0.05) is 15.9 Å². The number of halogens is 2. The van der Waals surface area contributed by atoms with Crippen molar-refractivity contribution in [1.29, 1.82) is 0 Å². The normalized spacial score (nSPS) is 10.5. The van der Waals surface area contributed by atoms with E-state index in [1.807, 2.05) is 0 Å². The maximum absolute atomic E-state index is 9.66. The second kappa shape index (κ2) is 5.43. The number of nitrogens with one attached hydrogen (secondary N) is 2. The van der Waals surface area contributed by atoms with Gasteiger partial charge < -0.3 is 10.8 Å². The van der Waals surface area contributed by atoms with Gasteiger partial charge in [0.15, 0.2) is 0 Å². The Labute approximate surface area is 109 Å². The van der Waals surface area contributed by atoms with Crippen molar-refractivity contribution < 1.29 is 10.2 Å². The SMILES string of the molecule is NC(=S)N/[NH+]=C/c1cc(Br)cc(Br)c1O. The molecule has 1 aromatic rings. The van der Waals surface area contributed by atoms with Crippen molar-refractivity contribution in [2.75, 3.05) is 0 Å². The number of aromatic hydroxyl groups is 1. The number of hydrazone groups is 1. The van der Waals surface area contributed by atoms with Crippen LogP contribution in [0.2, 0.25) is 0 Å². The molecule has 0 bridgehead atoms. The third-order valence-corrected chi connectivity index (χ3v) is 2.65. The minimum absolute atomic E-state index is 0.125. The van der Waals surface area contributed by atoms with Crippen molar-refractivity contribution >= 4 is 55.4 Å². The molecule has 80 valence electrons. The van der Waals surface area contributed by atoms with Gasteiger partial charge in [0.2, 0.25) is 11.3 Å². The zero-order valence-electron chi connectivity index (χ0n) is 7.42. The Kier molecular flexibility index (Phi) is 4.49. The average Bonchev–Trinajstić information content (AvgIpc) is 2.12. The molecule has 0 aliphatic rings. The van der Waals surface area contributed by atoms with Gasteiger partial charge in [0.1, 0.15) is 5.75 Å². The molecule has 0 heterocycles. The molecule has 0 atom stereocenters. The van der Waals surface area contributed by atoms with Crippen molar-refractivity contribution in [2.24, 2.45) is 5.73 Å². The number of hydrazine groups is 1. The van der Waals surface area contributed by atoms with Gasteiger partial charge in [-0.15, -0.1) is 10.5 Å². The molecule has 0 unspecified atom stereocenters. The van der Waals surface area contributed by atoms with Crippen molar-refractivity contribution in [3.05, 3.63) is 26.6 Å². The predicted molar refractivity (Wildman–Crippen MR) is 69.6 cm³/mol. The minimum atomic E-state index is 0.125. The van der Waals surface area contributed by atoms with E-state index < -0.39 is 0 Å². The number of phenolic OH excluding ortho intramolecular Hbond substituents is 1. The molecule has 0 amide bonds. The van der Waals surface area contributed by atoms with Crippen LogP contribution >= 0.6 is 44.1 Å². The van der Waals surface area contributed by atoms with Crippen LogP contribution in [0.1, 0.15) is 5.56 Å². The lowest BCUT2D eigenvalue weighted by Crippen LogP contribution is -2.82. The largest absolute Gasteiger partial charge is 0.506 e. The molecule has 1 aromatic carbocycles. The second-order valence-electron chi connectivity index (χ2n) is 2.60. The number of nitrogens with two attached hydrogens (primary N) is 1. The van der Waals surface area contributed by atoms with E-state index in [2.05, 4.69) is 54.6 Å². The number of hydrogen-bond acceptors (Lipinski definition) is 2. The molecule has 7 heteroatoms. The van der Waals surface area contributed by atoms with Crippen LogP contribution in [0.5, 0.6) is 5.75 Å². The molecule has 4 nitrogen and oxygen atoms in total. The monoisotopic (exact) mass is 352 g/mol. The standard InChI is InChI=1S/C8H7Br2N3OS/c9-5-1-4(3-12-13-8(11)15)7(14)6(10)2-5/h1-3,14H,(H3,11,13,15)/p+1/b12-3+. The van der Waals surface area contributed by atoms with Crippen LogP contribution in [0.25, 0.3) is 0 Å². The second-order valence-corrected chi connectivity index (χ2v) is 4.81. The topological polar surface area (TPSA) is 72.2 Å². The van der Waals surface area contributed by atoms with Crippen molar-refractivity contribution in [3.8, 4) is 5.75 Å². The molecule has 15 heavy (non-hydrogen) atoms. The van der Waals surface area contributed by atoms with E-state index in [4.69, 9.17) is 5.73 Å². The van der Waals surface area contributed by atoms with Crippen LogP contribution in [0.3, 0.4) is 0 Å². The summed E-state index contributed by atoms with van der Waals surface area (Å²) in [5.41, 5.74) is 8.33. The Balaban J connectivity index is 2.94. The summed E-state index contributed by atoms with van der Waals surface area (Å²) in [6, 6.07) is 3.49. The number of rotatable bonds is 2. The fourth-order valence-corrected chi connectivity index (χ4v) is 2.20. The highest BCUT2D eigenvalue weighted by molar-refractivity contribution is 9.11. The molecule has 0 radical (unpaired) electrons. The van der Waals surface area contributed by atoms with E-state index in [1.54, 1.807) is 18.3 Å². The lowest BCUT2D eigenvalue weighted by Gasteiger charge is -2.00. The summed E-state index contributed by atoms with van der Waals surface area (Å²) in [4.78, 5) is 0. The first-order valence-corrected chi connectivity index (χ1v) is 5.82. The number of thiocarbonyl (C=S) groups is 1. The zero-order valence-corrected chi connectivity index (χ0v) is 11.4. The molecular formula is C8H8Br2N3OS+. The van der Waals surface area contributed by atoms with E-state index in [9.17, 15) is 5.11 Å². The third-order valence-electron chi connectivity index (χ3n) is 1.48. The van der Waals surface area contributed by atoms with Crippen LogP contribution in [0.4, 0.5) is 0 Å². The van der Waals surface area contributed by atoms with Crippen molar-refractivity contribution in [1.82, 2.24) is 5.43 Å². The lowest BCUT2D eigenvalue weighted by molar-refractivity contribution is -0.499. The number of benzene rings is 1. The van der Waals surface area contributed by atoms with Gasteiger partial charge in [0.25, 0.3) is 0 Å². The van der Waals surface area contributed by atoms with E-state index >= 15 is 0 Å². The Morgan fingerprint density at radius 1 is 1.53 bits per heavy atom. The molecular weight excluding hydrogens is 346 g/mol. The fraction of sp³-hybridized carbons (Fsp3) is 0. The van der Waals surface area contributed by atoms with E-state index in [0.29, 0.717) is 10.0 Å². The smallest absolute Gasteiger partial charge is 0.221 e. The fourth-order valence-electron chi connectivity index (χ4n) is 0.881. The summed E-state index contributed by atoms with van der Waals surface area (Å²) in [5.74, 6) is 0.135. The molecule has 0 spiro atoms. The van der Waals surface area contributed by atoms with Crippen LogP contribution < -0.4 is 16.3 Å². The summed E-state index contributed by atoms with van der Waals surface area (Å²) in [7, 11) is 0. The van der Waals surface area contributed by atoms with Gasteiger partial charge in [-0.05, 0) is 40.3 Å². The summed E-state index contributed by atoms with van der Waals surface area (Å²) in [6.07, 6.45) is 1.55. The first kappa shape index (κ1) is 12.4. The van der Waals surface area contributed by atoms with Crippen LogP contribution in [0, 0.1) is 0 Å². The Morgan fingerprint density at radius 3 is 2.80 bits per heavy atom. The van der Waals surface area contributed by atoms with Gasteiger partial charge in [-0.3, -0.25) is 0 Å². The van der Waals surface area contributed by atoms with E-state index in [0.717, 1.165) is 4.47 Å². The van der Waals surface area contributed by atoms with Crippen LogP contribution in [-0.4, -0.2) is 16.4 Å². The first-order chi connectivity index (χ1) is 7.00. The first-order valence-electron chi connectivity index (χ1n) is 3.83. The van der Waals surface area contributed by atoms with Crippen LogP contribution in [-0.2, 0) is 0 Å². The highest BCUT2D eigenvalue weighted by Crippen LogP contribution is 2.30. The molecule has 0 saturated heterocycles.